The maximum absolute atomic E-state index is 12.1. The number of sulfonamides is 2. The minimum atomic E-state index is -4.89. The lowest BCUT2D eigenvalue weighted by atomic mass is 10.3. The molecule has 1 heterocycles. The van der Waals surface area contributed by atoms with Crippen molar-refractivity contribution in [2.45, 2.75) is 16.3 Å². The smallest absolute Gasteiger partial charge is 0.406 e. The molecule has 0 aliphatic carbocycles. The summed E-state index contributed by atoms with van der Waals surface area (Å²) in [6.07, 6.45) is -2.32. The summed E-state index contributed by atoms with van der Waals surface area (Å²) < 4.78 is 93.6. The Kier molecular flexibility index (Phi) is 6.14. The summed E-state index contributed by atoms with van der Waals surface area (Å²) >= 11 is 0. The Morgan fingerprint density at radius 3 is 2.07 bits per heavy atom. The molecule has 0 bridgehead atoms. The van der Waals surface area contributed by atoms with Crippen LogP contribution in [0.5, 0.6) is 5.75 Å². The molecule has 1 aromatic heterocycles. The van der Waals surface area contributed by atoms with Crippen LogP contribution in [0.3, 0.4) is 0 Å². The maximum atomic E-state index is 12.1. The molecule has 0 saturated heterocycles. The Labute approximate surface area is 153 Å². The fourth-order valence-corrected chi connectivity index (χ4v) is 3.92. The molecular formula is C13H15F3N4O5S2. The van der Waals surface area contributed by atoms with Gasteiger partial charge in [0.05, 0.1) is 11.2 Å². The highest BCUT2D eigenvalue weighted by Gasteiger charge is 2.31. The van der Waals surface area contributed by atoms with E-state index in [2.05, 4.69) is 19.2 Å². The third-order valence-corrected chi connectivity index (χ3v) is 5.86. The van der Waals surface area contributed by atoms with E-state index in [0.29, 0.717) is 0 Å². The van der Waals surface area contributed by atoms with Gasteiger partial charge in [-0.05, 0) is 24.3 Å². The van der Waals surface area contributed by atoms with Crippen LogP contribution in [0.1, 0.15) is 0 Å². The SMILES string of the molecule is Cn1cnc(S(=O)(=O)NCCNS(=O)(=O)c2ccc(OC(F)(F)F)cc2)c1. The monoisotopic (exact) mass is 428 g/mol. The standard InChI is InChI=1S/C13H15F3N4O5S2/c1-20-8-12(17-9-20)27(23,24)19-7-6-18-26(21,22)11-4-2-10(3-5-11)25-13(14,15)16/h2-5,8-9,18-19H,6-7H2,1H3. The molecule has 2 N–H and O–H groups in total. The van der Waals surface area contributed by atoms with E-state index in [1.54, 1.807) is 7.05 Å². The molecule has 27 heavy (non-hydrogen) atoms. The first-order chi connectivity index (χ1) is 12.4. The largest absolute Gasteiger partial charge is 0.573 e. The van der Waals surface area contributed by atoms with Crippen LogP contribution in [-0.4, -0.2) is 45.8 Å². The molecule has 14 heteroatoms. The number of benzene rings is 1. The van der Waals surface area contributed by atoms with Gasteiger partial charge in [-0.1, -0.05) is 0 Å². The Hall–Kier alpha value is -2.16. The molecule has 0 aliphatic heterocycles. The van der Waals surface area contributed by atoms with E-state index >= 15 is 0 Å². The number of rotatable bonds is 8. The van der Waals surface area contributed by atoms with E-state index in [0.717, 1.165) is 24.3 Å². The summed E-state index contributed by atoms with van der Waals surface area (Å²) in [5.41, 5.74) is 0. The lowest BCUT2D eigenvalue weighted by molar-refractivity contribution is -0.274. The molecule has 2 rings (SSSR count). The van der Waals surface area contributed by atoms with Crippen molar-refractivity contribution in [1.82, 2.24) is 19.0 Å². The molecule has 0 saturated carbocycles. The van der Waals surface area contributed by atoms with Crippen LogP contribution in [0.25, 0.3) is 0 Å². The number of nitrogens with zero attached hydrogens (tertiary/aromatic N) is 2. The van der Waals surface area contributed by atoms with Gasteiger partial charge in [0.2, 0.25) is 10.0 Å². The van der Waals surface area contributed by atoms with E-state index in [1.165, 1.54) is 17.1 Å². The number of imidazole rings is 1. The molecule has 2 aromatic rings. The highest BCUT2D eigenvalue weighted by atomic mass is 32.2. The van der Waals surface area contributed by atoms with Crippen LogP contribution in [0.4, 0.5) is 13.2 Å². The third-order valence-electron chi connectivity index (χ3n) is 3.03. The number of aryl methyl sites for hydroxylation is 1. The van der Waals surface area contributed by atoms with Crippen molar-refractivity contribution in [2.75, 3.05) is 13.1 Å². The molecule has 0 amide bonds. The lowest BCUT2D eigenvalue weighted by Gasteiger charge is -2.10. The van der Waals surface area contributed by atoms with Crippen molar-refractivity contribution in [3.63, 3.8) is 0 Å². The number of ether oxygens (including phenoxy) is 1. The predicted octanol–water partition coefficient (Wildman–Crippen LogP) is 0.575. The van der Waals surface area contributed by atoms with Gasteiger partial charge in [-0.3, -0.25) is 0 Å². The Bertz CT molecular complexity index is 986. The van der Waals surface area contributed by atoms with Crippen LogP contribution < -0.4 is 14.2 Å². The molecule has 0 fully saturated rings. The molecule has 0 radical (unpaired) electrons. The number of aromatic nitrogens is 2. The molecule has 9 nitrogen and oxygen atoms in total. The summed E-state index contributed by atoms with van der Waals surface area (Å²) in [4.78, 5) is 3.38. The summed E-state index contributed by atoms with van der Waals surface area (Å²) in [6, 6.07) is 3.57. The second-order valence-corrected chi connectivity index (χ2v) is 8.67. The minimum Gasteiger partial charge on any atom is -0.406 e. The number of hydrogen-bond donors (Lipinski definition) is 2. The van der Waals surface area contributed by atoms with Crippen molar-refractivity contribution in [2.24, 2.45) is 7.05 Å². The summed E-state index contributed by atoms with van der Waals surface area (Å²) in [7, 11) is -6.34. The van der Waals surface area contributed by atoms with Crippen molar-refractivity contribution >= 4 is 20.0 Å². The number of hydrogen-bond acceptors (Lipinski definition) is 6. The van der Waals surface area contributed by atoms with Crippen LogP contribution in [0.2, 0.25) is 0 Å². The van der Waals surface area contributed by atoms with Crippen LogP contribution >= 0.6 is 0 Å². The third kappa shape index (κ3) is 6.20. The fourth-order valence-electron chi connectivity index (χ4n) is 1.88. The highest BCUT2D eigenvalue weighted by Crippen LogP contribution is 2.23. The van der Waals surface area contributed by atoms with Gasteiger partial charge in [0.25, 0.3) is 10.0 Å². The van der Waals surface area contributed by atoms with E-state index in [-0.39, 0.29) is 23.0 Å². The summed E-state index contributed by atoms with van der Waals surface area (Å²) in [6.45, 7) is -0.539. The normalized spacial score (nSPS) is 12.9. The van der Waals surface area contributed by atoms with Crippen molar-refractivity contribution in [3.8, 4) is 5.75 Å². The van der Waals surface area contributed by atoms with Crippen LogP contribution in [-0.2, 0) is 27.1 Å². The van der Waals surface area contributed by atoms with Gasteiger partial charge in [-0.25, -0.2) is 31.3 Å². The molecular weight excluding hydrogens is 413 g/mol. The van der Waals surface area contributed by atoms with Gasteiger partial charge in [0.1, 0.15) is 5.75 Å². The van der Waals surface area contributed by atoms with E-state index < -0.39 is 32.2 Å². The lowest BCUT2D eigenvalue weighted by Crippen LogP contribution is -2.34. The number of alkyl halides is 3. The number of nitrogens with one attached hydrogen (secondary N) is 2. The molecule has 0 aliphatic rings. The first kappa shape index (κ1) is 21.1. The zero-order chi connectivity index (χ0) is 20.3. The van der Waals surface area contributed by atoms with Gasteiger partial charge >= 0.3 is 6.36 Å². The Morgan fingerprint density at radius 1 is 1.04 bits per heavy atom. The molecule has 0 unspecified atom stereocenters. The second-order valence-electron chi connectivity index (χ2n) is 5.19. The van der Waals surface area contributed by atoms with E-state index in [9.17, 15) is 30.0 Å². The molecule has 150 valence electrons. The zero-order valence-corrected chi connectivity index (χ0v) is 15.4. The van der Waals surface area contributed by atoms with E-state index in [1.807, 2.05) is 0 Å². The average Bonchev–Trinajstić information content (AvgIpc) is 2.98. The summed E-state index contributed by atoms with van der Waals surface area (Å²) in [5.74, 6) is -0.565. The van der Waals surface area contributed by atoms with E-state index in [4.69, 9.17) is 0 Å². The molecule has 1 aromatic carbocycles. The van der Waals surface area contributed by atoms with Gasteiger partial charge in [0.15, 0.2) is 5.03 Å². The number of halogens is 3. The van der Waals surface area contributed by atoms with Crippen LogP contribution in [0, 0.1) is 0 Å². The zero-order valence-electron chi connectivity index (χ0n) is 13.8. The predicted molar refractivity (Wildman–Crippen MR) is 86.7 cm³/mol. The van der Waals surface area contributed by atoms with Crippen molar-refractivity contribution in [1.29, 1.82) is 0 Å². The van der Waals surface area contributed by atoms with Crippen LogP contribution in [0.15, 0.2) is 46.7 Å². The molecule has 0 spiro atoms. The van der Waals surface area contributed by atoms with Gasteiger partial charge in [-0.2, -0.15) is 0 Å². The van der Waals surface area contributed by atoms with Crippen molar-refractivity contribution in [3.05, 3.63) is 36.8 Å². The van der Waals surface area contributed by atoms with Gasteiger partial charge in [-0.15, -0.1) is 13.2 Å². The second kappa shape index (κ2) is 7.84. The van der Waals surface area contributed by atoms with Gasteiger partial charge < -0.3 is 9.30 Å². The highest BCUT2D eigenvalue weighted by molar-refractivity contribution is 7.89. The first-order valence-electron chi connectivity index (χ1n) is 7.22. The van der Waals surface area contributed by atoms with Crippen molar-refractivity contribution < 1.29 is 34.7 Å². The molecule has 0 atom stereocenters. The Balaban J connectivity index is 1.91. The average molecular weight is 428 g/mol. The maximum Gasteiger partial charge on any atom is 0.573 e. The Morgan fingerprint density at radius 2 is 1.59 bits per heavy atom. The quantitative estimate of drug-likeness (QED) is 0.594. The fraction of sp³-hybridized carbons (Fsp3) is 0.308. The van der Waals surface area contributed by atoms with Gasteiger partial charge in [0, 0.05) is 26.3 Å². The minimum absolute atomic E-state index is 0.215. The first-order valence-corrected chi connectivity index (χ1v) is 10.2. The topological polar surface area (TPSA) is 119 Å². The summed E-state index contributed by atoms with van der Waals surface area (Å²) in [5, 5.41) is -0.215.